The molecule has 3 heterocycles. The van der Waals surface area contributed by atoms with Crippen molar-refractivity contribution in [3.8, 4) is 6.07 Å². The third-order valence-corrected chi connectivity index (χ3v) is 6.15. The van der Waals surface area contributed by atoms with Crippen molar-refractivity contribution in [3.05, 3.63) is 36.2 Å². The fraction of sp³-hybridized carbons (Fsp3) is 0.381. The first kappa shape index (κ1) is 21.0. The molecule has 3 aliphatic rings. The van der Waals surface area contributed by atoms with Crippen molar-refractivity contribution >= 4 is 34.3 Å². The Labute approximate surface area is 185 Å². The van der Waals surface area contributed by atoms with Crippen molar-refractivity contribution in [2.75, 3.05) is 10.6 Å². The molecule has 3 fully saturated rings. The highest BCUT2D eigenvalue weighted by molar-refractivity contribution is 5.92. The number of aryl methyl sites for hydroxylation is 1. The molecule has 3 N–H and O–H groups in total. The molecule has 33 heavy (non-hydrogen) atoms. The second kappa shape index (κ2) is 7.06. The molecule has 3 aliphatic carbocycles. The van der Waals surface area contributed by atoms with Gasteiger partial charge in [-0.25, -0.2) is 9.78 Å². The molecule has 3 aromatic rings. The van der Waals surface area contributed by atoms with E-state index in [-0.39, 0.29) is 0 Å². The van der Waals surface area contributed by atoms with Crippen molar-refractivity contribution in [3.63, 3.8) is 0 Å². The van der Waals surface area contributed by atoms with E-state index in [1.54, 1.807) is 24.4 Å². The summed E-state index contributed by atoms with van der Waals surface area (Å²) in [5, 5.41) is 23.6. The van der Waals surface area contributed by atoms with E-state index in [1.165, 1.54) is 0 Å². The minimum absolute atomic E-state index is 0.392. The number of ether oxygens (including phenoxy) is 1. The number of H-pyrrole nitrogens is 1. The van der Waals surface area contributed by atoms with Gasteiger partial charge in [0, 0.05) is 40.4 Å². The molecule has 1 atom stereocenters. The zero-order valence-corrected chi connectivity index (χ0v) is 17.3. The lowest BCUT2D eigenvalue weighted by atomic mass is 9.37. The predicted molar refractivity (Wildman–Crippen MR) is 110 cm³/mol. The van der Waals surface area contributed by atoms with Gasteiger partial charge in [-0.1, -0.05) is 0 Å². The summed E-state index contributed by atoms with van der Waals surface area (Å²) in [6.45, 7) is 1.87. The number of rotatable bonds is 6. The Morgan fingerprint density at radius 2 is 2.06 bits per heavy atom. The van der Waals surface area contributed by atoms with E-state index in [9.17, 15) is 23.2 Å². The minimum atomic E-state index is -5.13. The number of hydrogen-bond acceptors (Lipinski definition) is 8. The predicted octanol–water partition coefficient (Wildman–Crippen LogP) is 3.74. The summed E-state index contributed by atoms with van der Waals surface area (Å²) in [4.78, 5) is 20.2. The number of pyridine rings is 2. The van der Waals surface area contributed by atoms with Crippen molar-refractivity contribution < 1.29 is 22.7 Å². The summed E-state index contributed by atoms with van der Waals surface area (Å²) in [5.74, 6) is -0.670. The second-order valence-corrected chi connectivity index (χ2v) is 8.70. The van der Waals surface area contributed by atoms with Gasteiger partial charge in [-0.2, -0.15) is 23.5 Å². The molecule has 2 bridgehead atoms. The molecular formula is C21H18F3N7O2. The Hall–Kier alpha value is -3.88. The zero-order chi connectivity index (χ0) is 23.4. The van der Waals surface area contributed by atoms with E-state index >= 15 is 0 Å². The summed E-state index contributed by atoms with van der Waals surface area (Å²) >= 11 is 0. The minimum Gasteiger partial charge on any atom is -0.440 e. The monoisotopic (exact) mass is 457 g/mol. The summed E-state index contributed by atoms with van der Waals surface area (Å²) < 4.78 is 42.1. The maximum Gasteiger partial charge on any atom is 0.490 e. The molecule has 0 spiro atoms. The molecule has 9 nitrogen and oxygen atoms in total. The van der Waals surface area contributed by atoms with E-state index in [0.29, 0.717) is 42.2 Å². The molecule has 0 radical (unpaired) electrons. The smallest absolute Gasteiger partial charge is 0.440 e. The van der Waals surface area contributed by atoms with Crippen LogP contribution in [0.15, 0.2) is 30.5 Å². The van der Waals surface area contributed by atoms with Crippen LogP contribution in [0.1, 0.15) is 25.0 Å². The second-order valence-electron chi connectivity index (χ2n) is 8.70. The van der Waals surface area contributed by atoms with Crippen LogP contribution in [-0.4, -0.2) is 44.0 Å². The normalized spacial score (nSPS) is 24.2. The fourth-order valence-corrected chi connectivity index (χ4v) is 4.84. The highest BCUT2D eigenvalue weighted by Crippen LogP contribution is 2.70. The van der Waals surface area contributed by atoms with Crippen LogP contribution in [0.5, 0.6) is 0 Å². The number of halogens is 3. The third-order valence-electron chi connectivity index (χ3n) is 6.15. The molecule has 0 aromatic carbocycles. The van der Waals surface area contributed by atoms with Crippen molar-refractivity contribution in [2.45, 2.75) is 44.0 Å². The van der Waals surface area contributed by atoms with Crippen LogP contribution in [0.4, 0.5) is 30.6 Å². The molecule has 0 saturated heterocycles. The van der Waals surface area contributed by atoms with Gasteiger partial charge in [0.15, 0.2) is 11.9 Å². The van der Waals surface area contributed by atoms with Gasteiger partial charge in [0.2, 0.25) is 0 Å². The highest BCUT2D eigenvalue weighted by atomic mass is 19.4. The largest absolute Gasteiger partial charge is 0.490 e. The van der Waals surface area contributed by atoms with Crippen molar-refractivity contribution in [1.82, 2.24) is 20.2 Å². The fourth-order valence-electron chi connectivity index (χ4n) is 4.84. The summed E-state index contributed by atoms with van der Waals surface area (Å²) in [5.41, 5.74) is 0.364. The van der Waals surface area contributed by atoms with E-state index in [1.807, 2.05) is 19.1 Å². The van der Waals surface area contributed by atoms with Gasteiger partial charge in [0.1, 0.15) is 17.7 Å². The van der Waals surface area contributed by atoms with Crippen molar-refractivity contribution in [2.24, 2.45) is 5.41 Å². The van der Waals surface area contributed by atoms with Gasteiger partial charge in [-0.15, -0.1) is 0 Å². The average molecular weight is 457 g/mol. The number of nitrogens with zero attached hydrogens (tertiary/aromatic N) is 4. The number of fused-ring (bicyclic) bond motifs is 1. The van der Waals surface area contributed by atoms with Crippen LogP contribution in [0.2, 0.25) is 0 Å². The lowest BCUT2D eigenvalue weighted by molar-refractivity contribution is -0.228. The van der Waals surface area contributed by atoms with Crippen LogP contribution < -0.4 is 10.6 Å². The quantitative estimate of drug-likeness (QED) is 0.478. The number of alkyl halides is 3. The van der Waals surface area contributed by atoms with E-state index in [4.69, 9.17) is 0 Å². The number of nitrogens with one attached hydrogen (secondary N) is 3. The number of carbonyl (C=O) groups excluding carboxylic acids is 1. The first-order valence-corrected chi connectivity index (χ1v) is 10.1. The van der Waals surface area contributed by atoms with Crippen molar-refractivity contribution in [1.29, 1.82) is 5.26 Å². The number of carbonyl (C=O) groups is 1. The Balaban J connectivity index is 1.34. The first-order chi connectivity index (χ1) is 15.6. The topological polar surface area (TPSA) is 129 Å². The third kappa shape index (κ3) is 3.59. The number of aromatic amines is 1. The van der Waals surface area contributed by atoms with Crippen LogP contribution in [0.3, 0.4) is 0 Å². The number of hydrogen-bond donors (Lipinski definition) is 3. The van der Waals surface area contributed by atoms with Crippen LogP contribution in [0, 0.1) is 23.7 Å². The van der Waals surface area contributed by atoms with Gasteiger partial charge < -0.3 is 15.4 Å². The highest BCUT2D eigenvalue weighted by Gasteiger charge is 2.72. The summed E-state index contributed by atoms with van der Waals surface area (Å²) in [6.07, 6.45) is -3.74. The molecule has 1 unspecified atom stereocenters. The van der Waals surface area contributed by atoms with Gasteiger partial charge in [0.05, 0.1) is 5.52 Å². The maximum absolute atomic E-state index is 12.6. The molecular weight excluding hydrogens is 439 g/mol. The summed E-state index contributed by atoms with van der Waals surface area (Å²) in [6, 6.07) is 8.98. The molecule has 170 valence electrons. The van der Waals surface area contributed by atoms with Gasteiger partial charge in [0.25, 0.3) is 0 Å². The van der Waals surface area contributed by atoms with Crippen LogP contribution >= 0.6 is 0 Å². The Morgan fingerprint density at radius 1 is 1.30 bits per heavy atom. The maximum atomic E-state index is 12.6. The Bertz CT molecular complexity index is 1280. The zero-order valence-electron chi connectivity index (χ0n) is 17.3. The number of esters is 1. The molecule has 6 rings (SSSR count). The van der Waals surface area contributed by atoms with Gasteiger partial charge in [-0.3, -0.25) is 10.1 Å². The standard InChI is InChI=1S/C21H18F3N7O2/c1-11-5-16(31-30-11)27-15-6-13-12(3-2-4-26-13)17(28-15)29-20-8-19(9-20,10-20)14(7-25)33-18(32)21(22,23)24/h2-6,14H,8-10H2,1H3,(H3,27,28,29,30,31). The molecule has 3 saturated carbocycles. The molecule has 12 heteroatoms. The molecule has 0 amide bonds. The van der Waals surface area contributed by atoms with Gasteiger partial charge >= 0.3 is 12.1 Å². The molecule has 3 aromatic heterocycles. The average Bonchev–Trinajstić information content (AvgIpc) is 3.11. The molecule has 0 aliphatic heterocycles. The van der Waals surface area contributed by atoms with E-state index in [2.05, 4.69) is 35.5 Å². The van der Waals surface area contributed by atoms with Gasteiger partial charge in [-0.05, 0) is 38.3 Å². The SMILES string of the molecule is Cc1cc(Nc2cc3ncccc3c(NC34CC(C(C#N)OC(=O)C(F)(F)F)(C3)C4)n2)n[nH]1. The van der Waals surface area contributed by atoms with Crippen LogP contribution in [-0.2, 0) is 9.53 Å². The lowest BCUT2D eigenvalue weighted by Crippen LogP contribution is -2.75. The summed E-state index contributed by atoms with van der Waals surface area (Å²) in [7, 11) is 0. The number of nitriles is 1. The first-order valence-electron chi connectivity index (χ1n) is 10.1. The Kier molecular flexibility index (Phi) is 4.49. The lowest BCUT2D eigenvalue weighted by Gasteiger charge is -2.71. The Morgan fingerprint density at radius 3 is 2.70 bits per heavy atom. The van der Waals surface area contributed by atoms with E-state index in [0.717, 1.165) is 11.1 Å². The number of aromatic nitrogens is 4. The number of anilines is 3. The van der Waals surface area contributed by atoms with E-state index < -0.39 is 29.2 Å². The van der Waals surface area contributed by atoms with Crippen LogP contribution in [0.25, 0.3) is 10.9 Å².